The Bertz CT molecular complexity index is 1140. The van der Waals surface area contributed by atoms with Gasteiger partial charge in [0.15, 0.2) is 4.75 Å². The molecule has 0 radical (unpaired) electrons. The molecule has 1 saturated heterocycles. The highest BCUT2D eigenvalue weighted by molar-refractivity contribution is 7.93. The van der Waals surface area contributed by atoms with E-state index in [9.17, 15) is 0 Å². The van der Waals surface area contributed by atoms with Crippen molar-refractivity contribution in [2.75, 3.05) is 62.6 Å². The zero-order valence-electron chi connectivity index (χ0n) is 21.8. The highest BCUT2D eigenvalue weighted by Crippen LogP contribution is 2.32. The molecule has 1 atom stereocenters. The van der Waals surface area contributed by atoms with Gasteiger partial charge in [-0.25, -0.2) is 0 Å². The van der Waals surface area contributed by atoms with Gasteiger partial charge in [0.2, 0.25) is 0 Å². The first-order valence-corrected chi connectivity index (χ1v) is 13.8. The first-order chi connectivity index (χ1) is 16.7. The van der Waals surface area contributed by atoms with Gasteiger partial charge in [-0.15, -0.1) is 0 Å². The van der Waals surface area contributed by atoms with Crippen LogP contribution in [0.2, 0.25) is 0 Å². The number of aromatic nitrogens is 1. The lowest BCUT2D eigenvalue weighted by Gasteiger charge is -2.29. The summed E-state index contributed by atoms with van der Waals surface area (Å²) in [7, 11) is 1.72. The van der Waals surface area contributed by atoms with E-state index in [1.54, 1.807) is 7.11 Å². The van der Waals surface area contributed by atoms with Crippen molar-refractivity contribution in [2.45, 2.75) is 32.4 Å². The van der Waals surface area contributed by atoms with Crippen LogP contribution < -0.4 is 14.5 Å². The number of aryl methyl sites for hydroxylation is 1. The van der Waals surface area contributed by atoms with Gasteiger partial charge in [0.05, 0.1) is 44.3 Å². The Morgan fingerprint density at radius 2 is 1.83 bits per heavy atom. The molecule has 1 unspecified atom stereocenters. The number of hydrogen-bond acceptors (Lipinski definition) is 6. The molecule has 35 heavy (non-hydrogen) atoms. The summed E-state index contributed by atoms with van der Waals surface area (Å²) in [6.45, 7) is 13.5. The molecule has 1 aliphatic heterocycles. The maximum atomic E-state index is 6.28. The van der Waals surface area contributed by atoms with Gasteiger partial charge >= 0.3 is 0 Å². The van der Waals surface area contributed by atoms with Crippen LogP contribution in [-0.2, 0) is 20.1 Å². The van der Waals surface area contributed by atoms with E-state index in [2.05, 4.69) is 86.2 Å². The van der Waals surface area contributed by atoms with Crippen LogP contribution in [0.1, 0.15) is 26.3 Å². The van der Waals surface area contributed by atoms with Crippen molar-refractivity contribution in [2.24, 2.45) is 0 Å². The number of anilines is 3. The van der Waals surface area contributed by atoms with E-state index in [4.69, 9.17) is 18.6 Å². The largest absolute Gasteiger partial charge is 0.497 e. The van der Waals surface area contributed by atoms with Gasteiger partial charge in [0.25, 0.3) is 0 Å². The average Bonchev–Trinajstić information content (AvgIpc) is 2.85. The van der Waals surface area contributed by atoms with Crippen molar-refractivity contribution in [1.29, 1.82) is 0 Å². The quantitative estimate of drug-likeness (QED) is 0.384. The highest BCUT2D eigenvalue weighted by Gasteiger charge is 2.32. The van der Waals surface area contributed by atoms with Gasteiger partial charge in [-0.3, -0.25) is 4.98 Å². The molecule has 7 heteroatoms. The molecule has 3 aromatic rings. The van der Waals surface area contributed by atoms with Gasteiger partial charge in [-0.1, -0.05) is 0 Å². The standard InChI is InChI=1S/C28H38N3O3S/c1-21-15-24(19-26(16-21)32-5)31(11-14-34-35(6)28(2,3)4)23-7-8-27-22(17-23)18-25(20-29-27)30-9-12-33-13-10-30/h7-8,15-20H,9-14H2,1-6H3/q+1. The summed E-state index contributed by atoms with van der Waals surface area (Å²) < 4.78 is 17.5. The lowest BCUT2D eigenvalue weighted by Crippen LogP contribution is -2.36. The zero-order valence-corrected chi connectivity index (χ0v) is 22.7. The Hall–Kier alpha value is -2.48. The number of morpholine rings is 1. The second kappa shape index (κ2) is 11.1. The van der Waals surface area contributed by atoms with E-state index in [1.807, 2.05) is 6.20 Å². The van der Waals surface area contributed by atoms with Gasteiger partial charge in [0.1, 0.15) is 29.8 Å². The summed E-state index contributed by atoms with van der Waals surface area (Å²) in [6, 6.07) is 15.1. The number of ether oxygens (including phenoxy) is 2. The van der Waals surface area contributed by atoms with E-state index >= 15 is 0 Å². The summed E-state index contributed by atoms with van der Waals surface area (Å²) in [5.74, 6) is 0.855. The Balaban J connectivity index is 1.67. The molecule has 1 aliphatic rings. The first-order valence-electron chi connectivity index (χ1n) is 12.2. The monoisotopic (exact) mass is 496 g/mol. The van der Waals surface area contributed by atoms with Crippen LogP contribution in [0.3, 0.4) is 0 Å². The molecule has 6 nitrogen and oxygen atoms in total. The maximum Gasteiger partial charge on any atom is 0.152 e. The summed E-state index contributed by atoms with van der Waals surface area (Å²) in [4.78, 5) is 9.40. The van der Waals surface area contributed by atoms with E-state index in [0.717, 1.165) is 72.1 Å². The third-order valence-corrected chi connectivity index (χ3v) is 8.60. The normalized spacial score (nSPS) is 15.3. The molecule has 2 heterocycles. The lowest BCUT2D eigenvalue weighted by molar-refractivity contribution is 0.122. The number of fused-ring (bicyclic) bond motifs is 1. The number of pyridine rings is 1. The number of methoxy groups -OCH3 is 1. The molecule has 1 fully saturated rings. The number of hydrogen-bond donors (Lipinski definition) is 0. The van der Waals surface area contributed by atoms with Crippen LogP contribution in [0.4, 0.5) is 17.1 Å². The Morgan fingerprint density at radius 1 is 1.06 bits per heavy atom. The molecule has 2 aromatic carbocycles. The molecule has 0 aliphatic carbocycles. The molecule has 0 spiro atoms. The predicted molar refractivity (Wildman–Crippen MR) is 149 cm³/mol. The summed E-state index contributed by atoms with van der Waals surface area (Å²) in [5.41, 5.74) is 5.50. The molecule has 0 amide bonds. The Morgan fingerprint density at radius 3 is 2.54 bits per heavy atom. The summed E-state index contributed by atoms with van der Waals surface area (Å²) in [5, 5.41) is 1.13. The van der Waals surface area contributed by atoms with Crippen molar-refractivity contribution in [3.8, 4) is 5.75 Å². The van der Waals surface area contributed by atoms with Crippen molar-refractivity contribution in [3.63, 3.8) is 0 Å². The lowest BCUT2D eigenvalue weighted by atomic mass is 10.1. The van der Waals surface area contributed by atoms with Crippen LogP contribution in [0.5, 0.6) is 5.75 Å². The van der Waals surface area contributed by atoms with Gasteiger partial charge in [-0.05, 0) is 69.7 Å². The minimum Gasteiger partial charge on any atom is -0.497 e. The SMILES string of the molecule is COc1cc(C)cc(N(CCO[S+](C)C(C)(C)C)c2ccc3ncc(N4CCOCC4)cc3c2)c1. The smallest absolute Gasteiger partial charge is 0.152 e. The van der Waals surface area contributed by atoms with Crippen LogP contribution in [0, 0.1) is 6.92 Å². The van der Waals surface area contributed by atoms with Gasteiger partial charge in [0, 0.05) is 35.9 Å². The van der Waals surface area contributed by atoms with Crippen LogP contribution in [0.25, 0.3) is 10.9 Å². The molecule has 188 valence electrons. The second-order valence-electron chi connectivity index (χ2n) is 9.92. The van der Waals surface area contributed by atoms with E-state index in [1.165, 1.54) is 0 Å². The van der Waals surface area contributed by atoms with E-state index in [0.29, 0.717) is 6.61 Å². The van der Waals surface area contributed by atoms with Crippen molar-refractivity contribution >= 4 is 39.1 Å². The van der Waals surface area contributed by atoms with Crippen LogP contribution in [-0.4, -0.2) is 62.6 Å². The van der Waals surface area contributed by atoms with Crippen LogP contribution >= 0.6 is 0 Å². The molecule has 0 saturated carbocycles. The minimum absolute atomic E-state index is 0.127. The average molecular weight is 497 g/mol. The highest BCUT2D eigenvalue weighted by atomic mass is 32.2. The third kappa shape index (κ3) is 6.40. The van der Waals surface area contributed by atoms with Crippen molar-refractivity contribution < 1.29 is 13.7 Å². The summed E-state index contributed by atoms with van der Waals surface area (Å²) in [6.07, 6.45) is 4.15. The molecular formula is C28H38N3O3S+. The van der Waals surface area contributed by atoms with Crippen molar-refractivity contribution in [3.05, 3.63) is 54.2 Å². The van der Waals surface area contributed by atoms with Crippen molar-refractivity contribution in [1.82, 2.24) is 4.98 Å². The summed E-state index contributed by atoms with van der Waals surface area (Å²) >= 11 is -0.132. The molecule has 1 aromatic heterocycles. The second-order valence-corrected chi connectivity index (χ2v) is 12.3. The molecular weight excluding hydrogens is 458 g/mol. The first kappa shape index (κ1) is 25.6. The fourth-order valence-corrected chi connectivity index (χ4v) is 4.79. The van der Waals surface area contributed by atoms with Gasteiger partial charge < -0.3 is 19.3 Å². The Labute approximate surface area is 212 Å². The number of benzene rings is 2. The van der Waals surface area contributed by atoms with E-state index < -0.39 is 0 Å². The number of nitrogens with zero attached hydrogens (tertiary/aromatic N) is 3. The minimum atomic E-state index is -0.132. The molecule has 0 N–H and O–H groups in total. The van der Waals surface area contributed by atoms with Gasteiger partial charge in [-0.2, -0.15) is 4.18 Å². The van der Waals surface area contributed by atoms with Crippen LogP contribution in [0.15, 0.2) is 48.7 Å². The molecule has 0 bridgehead atoms. The fourth-order valence-electron chi connectivity index (χ4n) is 4.11. The fraction of sp³-hybridized carbons (Fsp3) is 0.464. The third-order valence-electron chi connectivity index (χ3n) is 6.36. The predicted octanol–water partition coefficient (Wildman–Crippen LogP) is 5.50. The van der Waals surface area contributed by atoms with E-state index in [-0.39, 0.29) is 15.9 Å². The maximum absolute atomic E-state index is 6.28. The zero-order chi connectivity index (χ0) is 25.0. The topological polar surface area (TPSA) is 47.1 Å². The Kier molecular flexibility index (Phi) is 8.09. The number of rotatable bonds is 8. The molecule has 4 rings (SSSR count).